The van der Waals surface area contributed by atoms with Gasteiger partial charge < -0.3 is 10.2 Å². The zero-order chi connectivity index (χ0) is 10.7. The molecule has 0 fully saturated rings. The number of aliphatic hydroxyl groups is 1. The first-order valence-corrected chi connectivity index (χ1v) is 4.99. The third-order valence-corrected chi connectivity index (χ3v) is 2.43. The van der Waals surface area contributed by atoms with Crippen LogP contribution in [0.25, 0.3) is 10.8 Å². The van der Waals surface area contributed by atoms with E-state index >= 15 is 0 Å². The quantitative estimate of drug-likeness (QED) is 0.800. The first kappa shape index (κ1) is 9.93. The molecule has 3 heteroatoms. The molecule has 15 heavy (non-hydrogen) atoms. The Morgan fingerprint density at radius 3 is 2.60 bits per heavy atom. The highest BCUT2D eigenvalue weighted by Gasteiger charge is 2.05. The van der Waals surface area contributed by atoms with Crippen LogP contribution >= 0.6 is 0 Å². The van der Waals surface area contributed by atoms with Gasteiger partial charge in [0.1, 0.15) is 5.75 Å². The van der Waals surface area contributed by atoms with Crippen molar-refractivity contribution in [2.75, 3.05) is 6.61 Å². The maximum Gasteiger partial charge on any atom is 0.141 e. The molecule has 0 aliphatic carbocycles. The van der Waals surface area contributed by atoms with E-state index in [0.717, 1.165) is 22.9 Å². The Morgan fingerprint density at radius 2 is 1.87 bits per heavy atom. The molecule has 0 aliphatic heterocycles. The monoisotopic (exact) mass is 203 g/mol. The van der Waals surface area contributed by atoms with E-state index in [1.165, 1.54) is 6.20 Å². The summed E-state index contributed by atoms with van der Waals surface area (Å²) >= 11 is 0. The molecule has 0 spiro atoms. The molecule has 0 amide bonds. The second kappa shape index (κ2) is 4.28. The van der Waals surface area contributed by atoms with Gasteiger partial charge in [-0.25, -0.2) is 0 Å². The lowest BCUT2D eigenvalue weighted by molar-refractivity contribution is 0.288. The van der Waals surface area contributed by atoms with Crippen LogP contribution in [0.5, 0.6) is 5.75 Å². The minimum atomic E-state index is 0.164. The Hall–Kier alpha value is -1.61. The number of hydrogen-bond acceptors (Lipinski definition) is 3. The van der Waals surface area contributed by atoms with Crippen molar-refractivity contribution in [2.45, 2.75) is 12.8 Å². The first-order valence-electron chi connectivity index (χ1n) is 4.99. The van der Waals surface area contributed by atoms with E-state index in [1.54, 1.807) is 0 Å². The average Bonchev–Trinajstić information content (AvgIpc) is 2.29. The Labute approximate surface area is 88.0 Å². The Bertz CT molecular complexity index is 468. The minimum absolute atomic E-state index is 0.164. The van der Waals surface area contributed by atoms with Crippen molar-refractivity contribution in [3.63, 3.8) is 0 Å². The van der Waals surface area contributed by atoms with E-state index in [-0.39, 0.29) is 12.4 Å². The number of nitrogens with zero attached hydrogens (tertiary/aromatic N) is 1. The molecular formula is C12H13NO2. The highest BCUT2D eigenvalue weighted by Crippen LogP contribution is 2.25. The van der Waals surface area contributed by atoms with Crippen LogP contribution in [0.2, 0.25) is 0 Å². The van der Waals surface area contributed by atoms with E-state index in [0.29, 0.717) is 6.42 Å². The standard InChI is InChI=1S/C12H13NO2/c14-7-3-6-11-9-4-1-2-5-10(9)12(15)8-13-11/h1-2,4-5,8,14-15H,3,6-7H2. The fraction of sp³-hybridized carbons (Fsp3) is 0.250. The van der Waals surface area contributed by atoms with Crippen LogP contribution in [-0.2, 0) is 6.42 Å². The second-order valence-corrected chi connectivity index (χ2v) is 3.46. The van der Waals surface area contributed by atoms with Gasteiger partial charge in [-0.15, -0.1) is 0 Å². The summed E-state index contributed by atoms with van der Waals surface area (Å²) in [7, 11) is 0. The van der Waals surface area contributed by atoms with Crippen LogP contribution in [0.15, 0.2) is 30.5 Å². The summed E-state index contributed by atoms with van der Waals surface area (Å²) in [6.45, 7) is 0.164. The van der Waals surface area contributed by atoms with E-state index in [2.05, 4.69) is 4.98 Å². The number of aromatic nitrogens is 1. The van der Waals surface area contributed by atoms with Crippen LogP contribution in [-0.4, -0.2) is 21.8 Å². The van der Waals surface area contributed by atoms with Gasteiger partial charge >= 0.3 is 0 Å². The summed E-state index contributed by atoms with van der Waals surface area (Å²) in [5, 5.41) is 20.2. The molecule has 2 aromatic rings. The SMILES string of the molecule is OCCCc1ncc(O)c2ccccc12. The fourth-order valence-corrected chi connectivity index (χ4v) is 1.68. The van der Waals surface area contributed by atoms with Gasteiger partial charge in [-0.1, -0.05) is 24.3 Å². The van der Waals surface area contributed by atoms with Crippen molar-refractivity contribution < 1.29 is 10.2 Å². The fourth-order valence-electron chi connectivity index (χ4n) is 1.68. The summed E-state index contributed by atoms with van der Waals surface area (Å²) in [4.78, 5) is 4.18. The van der Waals surface area contributed by atoms with Gasteiger partial charge in [0.2, 0.25) is 0 Å². The molecule has 0 atom stereocenters. The van der Waals surface area contributed by atoms with Gasteiger partial charge in [0.15, 0.2) is 0 Å². The molecule has 0 bridgehead atoms. The number of benzene rings is 1. The molecular weight excluding hydrogens is 190 g/mol. The number of rotatable bonds is 3. The molecule has 0 saturated heterocycles. The van der Waals surface area contributed by atoms with E-state index in [1.807, 2.05) is 24.3 Å². The van der Waals surface area contributed by atoms with Gasteiger partial charge in [0.05, 0.1) is 6.20 Å². The highest BCUT2D eigenvalue weighted by molar-refractivity contribution is 5.89. The molecule has 2 N–H and O–H groups in total. The predicted molar refractivity (Wildman–Crippen MR) is 58.8 cm³/mol. The van der Waals surface area contributed by atoms with E-state index in [9.17, 15) is 5.11 Å². The Morgan fingerprint density at radius 1 is 1.13 bits per heavy atom. The summed E-state index contributed by atoms with van der Waals surface area (Å²) in [5.41, 5.74) is 0.928. The van der Waals surface area contributed by atoms with Gasteiger partial charge in [-0.3, -0.25) is 4.98 Å². The number of hydrogen-bond donors (Lipinski definition) is 2. The van der Waals surface area contributed by atoms with Crippen LogP contribution in [0.3, 0.4) is 0 Å². The van der Waals surface area contributed by atoms with Crippen LogP contribution in [0, 0.1) is 0 Å². The molecule has 1 aromatic heterocycles. The average molecular weight is 203 g/mol. The lowest BCUT2D eigenvalue weighted by Crippen LogP contribution is -1.94. The molecule has 0 aliphatic rings. The van der Waals surface area contributed by atoms with Crippen LogP contribution in [0.4, 0.5) is 0 Å². The molecule has 0 unspecified atom stereocenters. The zero-order valence-corrected chi connectivity index (χ0v) is 8.35. The lowest BCUT2D eigenvalue weighted by Gasteiger charge is -2.05. The molecule has 1 heterocycles. The third kappa shape index (κ3) is 1.92. The largest absolute Gasteiger partial charge is 0.506 e. The topological polar surface area (TPSA) is 53.4 Å². The van der Waals surface area contributed by atoms with Crippen molar-refractivity contribution in [1.29, 1.82) is 0 Å². The maximum absolute atomic E-state index is 9.61. The molecule has 0 radical (unpaired) electrons. The third-order valence-electron chi connectivity index (χ3n) is 2.43. The smallest absolute Gasteiger partial charge is 0.141 e. The molecule has 78 valence electrons. The summed E-state index contributed by atoms with van der Waals surface area (Å²) < 4.78 is 0. The summed E-state index contributed by atoms with van der Waals surface area (Å²) in [6.07, 6.45) is 2.90. The number of aliphatic hydroxyl groups excluding tert-OH is 1. The van der Waals surface area contributed by atoms with Gasteiger partial charge in [-0.05, 0) is 12.8 Å². The minimum Gasteiger partial charge on any atom is -0.506 e. The van der Waals surface area contributed by atoms with Crippen molar-refractivity contribution in [1.82, 2.24) is 4.98 Å². The zero-order valence-electron chi connectivity index (χ0n) is 8.35. The van der Waals surface area contributed by atoms with Crippen molar-refractivity contribution in [3.05, 3.63) is 36.2 Å². The van der Waals surface area contributed by atoms with Crippen LogP contribution < -0.4 is 0 Å². The summed E-state index contributed by atoms with van der Waals surface area (Å²) in [5.74, 6) is 0.207. The van der Waals surface area contributed by atoms with Gasteiger partial charge in [-0.2, -0.15) is 0 Å². The molecule has 0 saturated carbocycles. The molecule has 2 rings (SSSR count). The van der Waals surface area contributed by atoms with E-state index < -0.39 is 0 Å². The summed E-state index contributed by atoms with van der Waals surface area (Å²) in [6, 6.07) is 7.62. The maximum atomic E-state index is 9.61. The number of aryl methyl sites for hydroxylation is 1. The van der Waals surface area contributed by atoms with Crippen molar-refractivity contribution >= 4 is 10.8 Å². The number of fused-ring (bicyclic) bond motifs is 1. The number of pyridine rings is 1. The lowest BCUT2D eigenvalue weighted by atomic mass is 10.1. The van der Waals surface area contributed by atoms with E-state index in [4.69, 9.17) is 5.11 Å². The second-order valence-electron chi connectivity index (χ2n) is 3.46. The van der Waals surface area contributed by atoms with Gasteiger partial charge in [0.25, 0.3) is 0 Å². The van der Waals surface area contributed by atoms with Crippen molar-refractivity contribution in [2.24, 2.45) is 0 Å². The number of aromatic hydroxyl groups is 1. The van der Waals surface area contributed by atoms with Crippen molar-refractivity contribution in [3.8, 4) is 5.75 Å². The normalized spacial score (nSPS) is 10.7. The molecule has 3 nitrogen and oxygen atoms in total. The highest BCUT2D eigenvalue weighted by atomic mass is 16.3. The Balaban J connectivity index is 2.51. The van der Waals surface area contributed by atoms with Gasteiger partial charge in [0, 0.05) is 23.1 Å². The Kier molecular flexibility index (Phi) is 2.83. The predicted octanol–water partition coefficient (Wildman–Crippen LogP) is 1.87. The van der Waals surface area contributed by atoms with Crippen LogP contribution in [0.1, 0.15) is 12.1 Å². The molecule has 1 aromatic carbocycles. The first-order chi connectivity index (χ1) is 7.33.